The summed E-state index contributed by atoms with van der Waals surface area (Å²) >= 11 is 0. The Balaban J connectivity index is 0.000000491. The minimum atomic E-state index is -6.00. The zero-order chi connectivity index (χ0) is 22.3. The van der Waals surface area contributed by atoms with Gasteiger partial charge in [0.2, 0.25) is 11.4 Å². The number of hydrogen-bond acceptors (Lipinski definition) is 0. The normalized spacial score (nSPS) is 10.9. The SMILES string of the molecule is CC[n+]1c(-c2ccccc2)cc(-c2ccccc2)cc1-c1ccccc1.F[B-](F)(F)F. The van der Waals surface area contributed by atoms with E-state index in [4.69, 9.17) is 0 Å². The Kier molecular flexibility index (Phi) is 7.24. The molecule has 158 valence electrons. The molecule has 0 amide bonds. The van der Waals surface area contributed by atoms with Crippen LogP contribution in [0.3, 0.4) is 0 Å². The van der Waals surface area contributed by atoms with Gasteiger partial charge in [-0.15, -0.1) is 0 Å². The number of benzene rings is 3. The lowest BCUT2D eigenvalue weighted by atomic mass is 9.99. The van der Waals surface area contributed by atoms with Crippen molar-refractivity contribution in [1.29, 1.82) is 0 Å². The quantitative estimate of drug-likeness (QED) is 0.184. The lowest BCUT2D eigenvalue weighted by Crippen LogP contribution is -2.37. The summed E-state index contributed by atoms with van der Waals surface area (Å²) in [5.41, 5.74) is 7.45. The highest BCUT2D eigenvalue weighted by Gasteiger charge is 2.21. The van der Waals surface area contributed by atoms with Gasteiger partial charge in [0.1, 0.15) is 6.54 Å². The first-order valence-electron chi connectivity index (χ1n) is 9.98. The maximum Gasteiger partial charge on any atom is 0.673 e. The van der Waals surface area contributed by atoms with Crippen LogP contribution in [0.5, 0.6) is 0 Å². The van der Waals surface area contributed by atoms with Gasteiger partial charge in [-0.05, 0) is 42.3 Å². The van der Waals surface area contributed by atoms with Crippen LogP contribution in [0.1, 0.15) is 6.92 Å². The average Bonchev–Trinajstić information content (AvgIpc) is 2.79. The molecule has 1 heterocycles. The van der Waals surface area contributed by atoms with Crippen molar-refractivity contribution in [3.8, 4) is 33.6 Å². The summed E-state index contributed by atoms with van der Waals surface area (Å²) in [7, 11) is -6.00. The summed E-state index contributed by atoms with van der Waals surface area (Å²) in [5.74, 6) is 0. The van der Waals surface area contributed by atoms with Gasteiger partial charge in [0, 0.05) is 23.3 Å². The van der Waals surface area contributed by atoms with E-state index in [1.54, 1.807) is 0 Å². The van der Waals surface area contributed by atoms with Crippen molar-refractivity contribution >= 4 is 7.25 Å². The number of halogens is 4. The number of nitrogens with zero attached hydrogens (tertiary/aromatic N) is 1. The standard InChI is InChI=1S/C25H22N.BF4/c1-2-26-24(21-14-8-4-9-15-21)18-23(20-12-6-3-7-13-20)19-25(26)22-16-10-5-11-17-22;2-1(3,4)5/h3-19H,2H2,1H3;/q+1;-1. The van der Waals surface area contributed by atoms with Crippen LogP contribution in [-0.2, 0) is 6.54 Å². The first kappa shape index (κ1) is 22.3. The lowest BCUT2D eigenvalue weighted by Gasteiger charge is -2.11. The van der Waals surface area contributed by atoms with Crippen LogP contribution < -0.4 is 4.57 Å². The van der Waals surface area contributed by atoms with E-state index in [9.17, 15) is 17.3 Å². The lowest BCUT2D eigenvalue weighted by molar-refractivity contribution is -0.671. The van der Waals surface area contributed by atoms with Gasteiger partial charge in [0.15, 0.2) is 0 Å². The fourth-order valence-corrected chi connectivity index (χ4v) is 3.46. The minimum Gasteiger partial charge on any atom is -0.418 e. The summed E-state index contributed by atoms with van der Waals surface area (Å²) in [6.45, 7) is 3.13. The first-order valence-corrected chi connectivity index (χ1v) is 9.98. The average molecular weight is 423 g/mol. The summed E-state index contributed by atoms with van der Waals surface area (Å²) in [6, 6.07) is 36.5. The van der Waals surface area contributed by atoms with Gasteiger partial charge in [-0.1, -0.05) is 66.7 Å². The molecule has 0 radical (unpaired) electrons. The second kappa shape index (κ2) is 10.1. The summed E-state index contributed by atoms with van der Waals surface area (Å²) < 4.78 is 41.4. The Morgan fingerprint density at radius 2 is 0.871 bits per heavy atom. The third-order valence-electron chi connectivity index (χ3n) is 4.73. The van der Waals surface area contributed by atoms with Crippen LogP contribution in [-0.4, -0.2) is 7.25 Å². The summed E-state index contributed by atoms with van der Waals surface area (Å²) in [5, 5.41) is 0. The van der Waals surface area contributed by atoms with E-state index < -0.39 is 7.25 Å². The molecule has 3 aromatic carbocycles. The number of rotatable bonds is 4. The molecule has 4 rings (SSSR count). The Bertz CT molecular complexity index is 1030. The molecule has 0 fully saturated rings. The first-order chi connectivity index (χ1) is 14.9. The fourth-order valence-electron chi connectivity index (χ4n) is 3.46. The Labute approximate surface area is 179 Å². The highest BCUT2D eigenvalue weighted by Crippen LogP contribution is 2.29. The molecule has 0 saturated carbocycles. The minimum absolute atomic E-state index is 0.920. The zero-order valence-corrected chi connectivity index (χ0v) is 17.1. The van der Waals surface area contributed by atoms with E-state index >= 15 is 0 Å². The molecule has 0 bridgehead atoms. The number of hydrogen-bond donors (Lipinski definition) is 0. The van der Waals surface area contributed by atoms with Gasteiger partial charge >= 0.3 is 7.25 Å². The Morgan fingerprint density at radius 3 is 1.19 bits per heavy atom. The third kappa shape index (κ3) is 6.28. The molecule has 0 aliphatic carbocycles. The van der Waals surface area contributed by atoms with Crippen molar-refractivity contribution in [2.75, 3.05) is 0 Å². The van der Waals surface area contributed by atoms with Gasteiger partial charge in [-0.3, -0.25) is 0 Å². The number of aromatic nitrogens is 1. The van der Waals surface area contributed by atoms with Crippen molar-refractivity contribution in [3.63, 3.8) is 0 Å². The molecule has 0 aliphatic rings. The van der Waals surface area contributed by atoms with Crippen LogP contribution in [0.2, 0.25) is 0 Å². The molecule has 0 spiro atoms. The Morgan fingerprint density at radius 1 is 0.548 bits per heavy atom. The van der Waals surface area contributed by atoms with Gasteiger partial charge in [-0.25, -0.2) is 0 Å². The molecule has 1 nitrogen and oxygen atoms in total. The molecule has 0 aliphatic heterocycles. The molecule has 6 heteroatoms. The largest absolute Gasteiger partial charge is 0.673 e. The van der Waals surface area contributed by atoms with Crippen molar-refractivity contribution in [2.45, 2.75) is 13.5 Å². The predicted molar refractivity (Wildman–Crippen MR) is 119 cm³/mol. The summed E-state index contributed by atoms with van der Waals surface area (Å²) in [4.78, 5) is 0. The van der Waals surface area contributed by atoms with E-state index in [0.29, 0.717) is 0 Å². The van der Waals surface area contributed by atoms with E-state index in [-0.39, 0.29) is 0 Å². The molecule has 4 aromatic rings. The van der Waals surface area contributed by atoms with Crippen molar-refractivity contribution < 1.29 is 21.8 Å². The van der Waals surface area contributed by atoms with E-state index in [1.807, 2.05) is 0 Å². The van der Waals surface area contributed by atoms with Crippen molar-refractivity contribution in [2.24, 2.45) is 0 Å². The van der Waals surface area contributed by atoms with Crippen LogP contribution in [0.15, 0.2) is 103 Å². The molecular formula is C25H22BF4N. The second-order valence-electron chi connectivity index (χ2n) is 6.85. The second-order valence-corrected chi connectivity index (χ2v) is 6.85. The van der Waals surface area contributed by atoms with Crippen LogP contribution in [0.25, 0.3) is 33.6 Å². The predicted octanol–water partition coefficient (Wildman–Crippen LogP) is 7.30. The van der Waals surface area contributed by atoms with Gasteiger partial charge in [0.05, 0.1) is 0 Å². The van der Waals surface area contributed by atoms with Crippen LogP contribution in [0.4, 0.5) is 17.3 Å². The Hall–Kier alpha value is -3.41. The van der Waals surface area contributed by atoms with Crippen molar-refractivity contribution in [1.82, 2.24) is 0 Å². The molecular weight excluding hydrogens is 401 g/mol. The van der Waals surface area contributed by atoms with Gasteiger partial charge < -0.3 is 17.3 Å². The third-order valence-corrected chi connectivity index (χ3v) is 4.73. The van der Waals surface area contributed by atoms with E-state index in [2.05, 4.69) is 115 Å². The monoisotopic (exact) mass is 423 g/mol. The van der Waals surface area contributed by atoms with Gasteiger partial charge in [-0.2, -0.15) is 4.57 Å². The molecule has 0 saturated heterocycles. The highest BCUT2D eigenvalue weighted by atomic mass is 19.5. The molecule has 0 atom stereocenters. The van der Waals surface area contributed by atoms with E-state index in [0.717, 1.165) is 6.54 Å². The van der Waals surface area contributed by atoms with Gasteiger partial charge in [0.25, 0.3) is 0 Å². The molecule has 0 N–H and O–H groups in total. The van der Waals surface area contributed by atoms with Crippen molar-refractivity contribution in [3.05, 3.63) is 103 Å². The topological polar surface area (TPSA) is 3.88 Å². The fraction of sp³-hybridized carbons (Fsp3) is 0.0800. The van der Waals surface area contributed by atoms with E-state index in [1.165, 1.54) is 33.6 Å². The highest BCUT2D eigenvalue weighted by molar-refractivity contribution is 6.50. The molecule has 31 heavy (non-hydrogen) atoms. The van der Waals surface area contributed by atoms with Crippen LogP contribution >= 0.6 is 0 Å². The number of pyridine rings is 1. The summed E-state index contributed by atoms with van der Waals surface area (Å²) in [6.07, 6.45) is 0. The maximum atomic E-state index is 9.75. The molecule has 0 unspecified atom stereocenters. The van der Waals surface area contributed by atoms with Crippen LogP contribution in [0, 0.1) is 0 Å². The maximum absolute atomic E-state index is 9.75. The smallest absolute Gasteiger partial charge is 0.418 e. The zero-order valence-electron chi connectivity index (χ0n) is 17.1. The molecule has 1 aromatic heterocycles.